The second kappa shape index (κ2) is 5.64. The van der Waals surface area contributed by atoms with Gasteiger partial charge in [0.05, 0.1) is 12.2 Å². The SMILES string of the molecule is CN(CCn1cncn1)C1CN(c2ccc(C3CC3)nn2)C1. The molecule has 2 aliphatic rings. The van der Waals surface area contributed by atoms with E-state index in [1.54, 1.807) is 12.7 Å². The minimum absolute atomic E-state index is 0.577. The van der Waals surface area contributed by atoms with E-state index in [0.717, 1.165) is 37.7 Å². The summed E-state index contributed by atoms with van der Waals surface area (Å²) in [6, 6.07) is 4.84. The van der Waals surface area contributed by atoms with Crippen molar-refractivity contribution in [3.63, 3.8) is 0 Å². The first kappa shape index (κ1) is 13.6. The van der Waals surface area contributed by atoms with E-state index in [-0.39, 0.29) is 0 Å². The molecule has 1 saturated carbocycles. The zero-order valence-corrected chi connectivity index (χ0v) is 12.8. The van der Waals surface area contributed by atoms with Crippen molar-refractivity contribution in [2.75, 3.05) is 31.6 Å². The summed E-state index contributed by atoms with van der Waals surface area (Å²) < 4.78 is 1.87. The van der Waals surface area contributed by atoms with E-state index < -0.39 is 0 Å². The van der Waals surface area contributed by atoms with Crippen molar-refractivity contribution >= 4 is 5.82 Å². The molecule has 1 aliphatic carbocycles. The molecule has 0 aromatic carbocycles. The highest BCUT2D eigenvalue weighted by molar-refractivity contribution is 5.42. The van der Waals surface area contributed by atoms with Gasteiger partial charge < -0.3 is 4.90 Å². The van der Waals surface area contributed by atoms with Crippen LogP contribution >= 0.6 is 0 Å². The normalized spacial score (nSPS) is 18.7. The van der Waals surface area contributed by atoms with E-state index in [2.05, 4.69) is 49.3 Å². The van der Waals surface area contributed by atoms with Gasteiger partial charge in [0.25, 0.3) is 0 Å². The third-order valence-electron chi connectivity index (χ3n) is 4.62. The average Bonchev–Trinajstić information content (AvgIpc) is 3.21. The summed E-state index contributed by atoms with van der Waals surface area (Å²) in [5, 5.41) is 12.9. The Bertz CT molecular complexity index is 599. The topological polar surface area (TPSA) is 63.0 Å². The van der Waals surface area contributed by atoms with Gasteiger partial charge in [0, 0.05) is 31.6 Å². The number of likely N-dealkylation sites (N-methyl/N-ethyl adjacent to an activating group) is 1. The van der Waals surface area contributed by atoms with Gasteiger partial charge in [-0.3, -0.25) is 9.58 Å². The van der Waals surface area contributed by atoms with Crippen molar-refractivity contribution in [3.05, 3.63) is 30.5 Å². The summed E-state index contributed by atoms with van der Waals surface area (Å²) in [5.41, 5.74) is 1.16. The number of rotatable bonds is 6. The molecule has 2 fully saturated rings. The minimum Gasteiger partial charge on any atom is -0.352 e. The quantitative estimate of drug-likeness (QED) is 0.785. The first-order valence-electron chi connectivity index (χ1n) is 7.91. The van der Waals surface area contributed by atoms with Gasteiger partial charge in [-0.2, -0.15) is 10.2 Å². The molecule has 22 heavy (non-hydrogen) atoms. The molecule has 116 valence electrons. The van der Waals surface area contributed by atoms with E-state index in [1.807, 2.05) is 4.68 Å². The first-order valence-corrected chi connectivity index (χ1v) is 7.91. The maximum Gasteiger partial charge on any atom is 0.151 e. The smallest absolute Gasteiger partial charge is 0.151 e. The molecule has 3 heterocycles. The summed E-state index contributed by atoms with van der Waals surface area (Å²) in [5.74, 6) is 1.68. The van der Waals surface area contributed by atoms with Crippen LogP contribution in [0.5, 0.6) is 0 Å². The van der Waals surface area contributed by atoms with Gasteiger partial charge in [-0.15, -0.1) is 5.10 Å². The van der Waals surface area contributed by atoms with Gasteiger partial charge in [0.2, 0.25) is 0 Å². The molecular formula is C15H21N7. The van der Waals surface area contributed by atoms with Crippen LogP contribution in [0.25, 0.3) is 0 Å². The molecule has 1 aliphatic heterocycles. The Balaban J connectivity index is 1.26. The highest BCUT2D eigenvalue weighted by atomic mass is 15.4. The molecule has 7 nitrogen and oxygen atoms in total. The highest BCUT2D eigenvalue weighted by Crippen LogP contribution is 2.38. The van der Waals surface area contributed by atoms with Crippen LogP contribution in [0.15, 0.2) is 24.8 Å². The molecule has 2 aromatic heterocycles. The molecule has 0 spiro atoms. The Hall–Kier alpha value is -2.02. The molecule has 0 N–H and O–H groups in total. The predicted molar refractivity (Wildman–Crippen MR) is 82.7 cm³/mol. The Morgan fingerprint density at radius 3 is 2.73 bits per heavy atom. The minimum atomic E-state index is 0.577. The van der Waals surface area contributed by atoms with Crippen LogP contribution in [0.3, 0.4) is 0 Å². The Kier molecular flexibility index (Phi) is 3.49. The standard InChI is InChI=1S/C15H21N7/c1-20(6-7-22-11-16-10-17-22)13-8-21(9-13)15-5-4-14(18-19-15)12-2-3-12/h4-5,10-13H,2-3,6-9H2,1H3. The van der Waals surface area contributed by atoms with Gasteiger partial charge in [0.15, 0.2) is 5.82 Å². The molecule has 0 atom stereocenters. The fourth-order valence-corrected chi connectivity index (χ4v) is 2.81. The summed E-state index contributed by atoms with van der Waals surface area (Å²) in [6.07, 6.45) is 5.89. The van der Waals surface area contributed by atoms with Gasteiger partial charge in [-0.1, -0.05) is 0 Å². The molecule has 0 radical (unpaired) electrons. The number of nitrogens with zero attached hydrogens (tertiary/aromatic N) is 7. The van der Waals surface area contributed by atoms with E-state index in [4.69, 9.17) is 0 Å². The van der Waals surface area contributed by atoms with Crippen LogP contribution in [0, 0.1) is 0 Å². The Morgan fingerprint density at radius 2 is 2.09 bits per heavy atom. The van der Waals surface area contributed by atoms with E-state index >= 15 is 0 Å². The van der Waals surface area contributed by atoms with E-state index in [9.17, 15) is 0 Å². The second-order valence-corrected chi connectivity index (χ2v) is 6.29. The molecule has 0 unspecified atom stereocenters. The largest absolute Gasteiger partial charge is 0.352 e. The first-order chi connectivity index (χ1) is 10.8. The number of hydrogen-bond acceptors (Lipinski definition) is 6. The zero-order valence-electron chi connectivity index (χ0n) is 12.8. The average molecular weight is 299 g/mol. The van der Waals surface area contributed by atoms with Crippen LogP contribution in [-0.2, 0) is 6.54 Å². The Morgan fingerprint density at radius 1 is 1.23 bits per heavy atom. The zero-order chi connectivity index (χ0) is 14.9. The third kappa shape index (κ3) is 2.81. The van der Waals surface area contributed by atoms with Gasteiger partial charge in [-0.05, 0) is 32.0 Å². The van der Waals surface area contributed by atoms with Crippen molar-refractivity contribution in [2.24, 2.45) is 0 Å². The summed E-state index contributed by atoms with van der Waals surface area (Å²) >= 11 is 0. The third-order valence-corrected chi connectivity index (χ3v) is 4.62. The molecule has 2 aromatic rings. The van der Waals surface area contributed by atoms with Crippen molar-refractivity contribution in [1.29, 1.82) is 0 Å². The van der Waals surface area contributed by atoms with E-state index in [1.165, 1.54) is 12.8 Å². The van der Waals surface area contributed by atoms with Crippen molar-refractivity contribution < 1.29 is 0 Å². The van der Waals surface area contributed by atoms with Crippen molar-refractivity contribution in [3.8, 4) is 0 Å². The summed E-state index contributed by atoms with van der Waals surface area (Å²) in [7, 11) is 2.17. The monoisotopic (exact) mass is 299 g/mol. The summed E-state index contributed by atoms with van der Waals surface area (Å²) in [4.78, 5) is 8.64. The lowest BCUT2D eigenvalue weighted by Gasteiger charge is -2.44. The molecule has 1 saturated heterocycles. The van der Waals surface area contributed by atoms with E-state index in [0.29, 0.717) is 12.0 Å². The van der Waals surface area contributed by atoms with Crippen LogP contribution in [-0.4, -0.2) is 62.6 Å². The molecule has 0 amide bonds. The lowest BCUT2D eigenvalue weighted by molar-refractivity contribution is 0.195. The molecular weight excluding hydrogens is 278 g/mol. The predicted octanol–water partition coefficient (Wildman–Crippen LogP) is 0.766. The summed E-state index contributed by atoms with van der Waals surface area (Å²) in [6.45, 7) is 3.90. The lowest BCUT2D eigenvalue weighted by atomic mass is 10.1. The maximum atomic E-state index is 4.38. The Labute approximate surface area is 130 Å². The van der Waals surface area contributed by atoms with Crippen molar-refractivity contribution in [2.45, 2.75) is 31.3 Å². The van der Waals surface area contributed by atoms with Crippen molar-refractivity contribution in [1.82, 2.24) is 29.9 Å². The van der Waals surface area contributed by atoms with Crippen LogP contribution < -0.4 is 4.90 Å². The second-order valence-electron chi connectivity index (χ2n) is 6.29. The van der Waals surface area contributed by atoms with Crippen LogP contribution in [0.2, 0.25) is 0 Å². The highest BCUT2D eigenvalue weighted by Gasteiger charge is 2.31. The molecule has 4 rings (SSSR count). The van der Waals surface area contributed by atoms with Crippen LogP contribution in [0.4, 0.5) is 5.82 Å². The fourth-order valence-electron chi connectivity index (χ4n) is 2.81. The van der Waals surface area contributed by atoms with Crippen LogP contribution in [0.1, 0.15) is 24.5 Å². The molecule has 0 bridgehead atoms. The number of hydrogen-bond donors (Lipinski definition) is 0. The maximum absolute atomic E-state index is 4.38. The number of aromatic nitrogens is 5. The number of anilines is 1. The lowest BCUT2D eigenvalue weighted by Crippen LogP contribution is -2.59. The van der Waals surface area contributed by atoms with Gasteiger partial charge >= 0.3 is 0 Å². The van der Waals surface area contributed by atoms with Gasteiger partial charge in [0.1, 0.15) is 12.7 Å². The van der Waals surface area contributed by atoms with Gasteiger partial charge in [-0.25, -0.2) is 4.98 Å². The molecule has 7 heteroatoms. The fraction of sp³-hybridized carbons (Fsp3) is 0.600.